The Hall–Kier alpha value is -2.24. The number of nitrogens with one attached hydrogen (secondary N) is 1. The predicted molar refractivity (Wildman–Crippen MR) is 120 cm³/mol. The van der Waals surface area contributed by atoms with Crippen LogP contribution >= 0.6 is 11.6 Å². The van der Waals surface area contributed by atoms with Crippen LogP contribution in [0.1, 0.15) is 6.42 Å². The molecule has 2 fully saturated rings. The Morgan fingerprint density at radius 2 is 1.59 bits per heavy atom. The minimum atomic E-state index is 0.142. The fourth-order valence-electron chi connectivity index (χ4n) is 4.21. The maximum Gasteiger partial charge on any atom is 0.234 e. The van der Waals surface area contributed by atoms with Crippen LogP contribution in [0.15, 0.2) is 54.6 Å². The molecule has 1 amide bonds. The maximum absolute atomic E-state index is 12.4. The SMILES string of the molecule is O=C(CN1CCN(c2ccc(Cl)cc2)CC1)NCC1CCN(c2ccccc2)C1. The third-order valence-electron chi connectivity index (χ3n) is 5.93. The summed E-state index contributed by atoms with van der Waals surface area (Å²) in [5.41, 5.74) is 2.47. The highest BCUT2D eigenvalue weighted by Gasteiger charge is 2.24. The van der Waals surface area contributed by atoms with Gasteiger partial charge < -0.3 is 15.1 Å². The lowest BCUT2D eigenvalue weighted by molar-refractivity contribution is -0.122. The second-order valence-electron chi connectivity index (χ2n) is 7.98. The van der Waals surface area contributed by atoms with Crippen molar-refractivity contribution in [1.29, 1.82) is 0 Å². The molecular formula is C23H29ClN4O. The monoisotopic (exact) mass is 412 g/mol. The fraction of sp³-hybridized carbons (Fsp3) is 0.435. The molecule has 5 nitrogen and oxygen atoms in total. The molecule has 29 heavy (non-hydrogen) atoms. The normalized spacial score (nSPS) is 20.1. The van der Waals surface area contributed by atoms with Crippen molar-refractivity contribution in [1.82, 2.24) is 10.2 Å². The third-order valence-corrected chi connectivity index (χ3v) is 6.18. The van der Waals surface area contributed by atoms with E-state index in [0.717, 1.165) is 57.3 Å². The largest absolute Gasteiger partial charge is 0.371 e. The molecule has 0 aromatic heterocycles. The van der Waals surface area contributed by atoms with Crippen molar-refractivity contribution in [2.75, 3.05) is 62.2 Å². The lowest BCUT2D eigenvalue weighted by Crippen LogP contribution is -2.49. The van der Waals surface area contributed by atoms with Crippen LogP contribution in [0.4, 0.5) is 11.4 Å². The topological polar surface area (TPSA) is 38.8 Å². The standard InChI is InChI=1S/C23H29ClN4O/c24-20-6-8-22(9-7-20)27-14-12-26(13-15-27)18-23(29)25-16-19-10-11-28(17-19)21-4-2-1-3-5-21/h1-9,19H,10-18H2,(H,25,29). The van der Waals surface area contributed by atoms with E-state index < -0.39 is 0 Å². The molecule has 2 aliphatic heterocycles. The zero-order chi connectivity index (χ0) is 20.1. The van der Waals surface area contributed by atoms with Gasteiger partial charge in [0.15, 0.2) is 0 Å². The number of amides is 1. The lowest BCUT2D eigenvalue weighted by atomic mass is 10.1. The molecule has 2 aliphatic rings. The molecular weight excluding hydrogens is 384 g/mol. The van der Waals surface area contributed by atoms with Gasteiger partial charge in [0.25, 0.3) is 0 Å². The van der Waals surface area contributed by atoms with E-state index in [1.165, 1.54) is 11.4 Å². The molecule has 4 rings (SSSR count). The van der Waals surface area contributed by atoms with Crippen LogP contribution < -0.4 is 15.1 Å². The van der Waals surface area contributed by atoms with Crippen LogP contribution in [0, 0.1) is 5.92 Å². The van der Waals surface area contributed by atoms with Gasteiger partial charge >= 0.3 is 0 Å². The molecule has 6 heteroatoms. The summed E-state index contributed by atoms with van der Waals surface area (Å²) in [7, 11) is 0. The Morgan fingerprint density at radius 3 is 2.31 bits per heavy atom. The first-order valence-corrected chi connectivity index (χ1v) is 10.8. The number of nitrogens with zero attached hydrogens (tertiary/aromatic N) is 3. The summed E-state index contributed by atoms with van der Waals surface area (Å²) in [6, 6.07) is 18.5. The zero-order valence-corrected chi connectivity index (χ0v) is 17.5. The molecule has 154 valence electrons. The number of para-hydroxylation sites is 1. The summed E-state index contributed by atoms with van der Waals surface area (Å²) >= 11 is 5.97. The van der Waals surface area contributed by atoms with E-state index in [4.69, 9.17) is 11.6 Å². The molecule has 2 saturated heterocycles. The second kappa shape index (κ2) is 9.51. The molecule has 0 bridgehead atoms. The zero-order valence-electron chi connectivity index (χ0n) is 16.8. The van der Waals surface area contributed by atoms with Gasteiger partial charge in [-0.15, -0.1) is 0 Å². The molecule has 0 radical (unpaired) electrons. The number of carbonyl (C=O) groups excluding carboxylic acids is 1. The van der Waals surface area contributed by atoms with Crippen LogP contribution in [0.5, 0.6) is 0 Å². The smallest absolute Gasteiger partial charge is 0.234 e. The minimum Gasteiger partial charge on any atom is -0.371 e. The van der Waals surface area contributed by atoms with Crippen molar-refractivity contribution >= 4 is 28.9 Å². The first-order chi connectivity index (χ1) is 14.2. The Labute approximate surface area is 178 Å². The lowest BCUT2D eigenvalue weighted by Gasteiger charge is -2.35. The van der Waals surface area contributed by atoms with Crippen molar-refractivity contribution in [3.63, 3.8) is 0 Å². The second-order valence-corrected chi connectivity index (χ2v) is 8.42. The Morgan fingerprint density at radius 1 is 0.897 bits per heavy atom. The summed E-state index contributed by atoms with van der Waals surface area (Å²) < 4.78 is 0. The number of halogens is 1. The maximum atomic E-state index is 12.4. The Bertz CT molecular complexity index is 790. The molecule has 1 atom stereocenters. The van der Waals surface area contributed by atoms with Gasteiger partial charge in [-0.2, -0.15) is 0 Å². The average Bonchev–Trinajstić information content (AvgIpc) is 3.23. The van der Waals surface area contributed by atoms with E-state index in [2.05, 4.69) is 56.4 Å². The van der Waals surface area contributed by atoms with Gasteiger partial charge in [-0.25, -0.2) is 0 Å². The Balaban J connectivity index is 1.16. The van der Waals surface area contributed by atoms with Gasteiger partial charge in [0.2, 0.25) is 5.91 Å². The Kier molecular flexibility index (Phi) is 6.57. The highest BCUT2D eigenvalue weighted by Crippen LogP contribution is 2.23. The van der Waals surface area contributed by atoms with Crippen LogP contribution in [-0.2, 0) is 4.79 Å². The van der Waals surface area contributed by atoms with Gasteiger partial charge in [0, 0.05) is 62.2 Å². The highest BCUT2D eigenvalue weighted by atomic mass is 35.5. The third kappa shape index (κ3) is 5.43. The summed E-state index contributed by atoms with van der Waals surface area (Å²) in [6.07, 6.45) is 1.13. The van der Waals surface area contributed by atoms with Gasteiger partial charge in [0.05, 0.1) is 6.54 Å². The molecule has 0 aliphatic carbocycles. The van der Waals surface area contributed by atoms with E-state index in [-0.39, 0.29) is 5.91 Å². The minimum absolute atomic E-state index is 0.142. The number of anilines is 2. The number of rotatable bonds is 6. The van der Waals surface area contributed by atoms with Crippen LogP contribution in [0.2, 0.25) is 5.02 Å². The van der Waals surface area contributed by atoms with E-state index in [1.807, 2.05) is 18.2 Å². The quantitative estimate of drug-likeness (QED) is 0.791. The van der Waals surface area contributed by atoms with Crippen molar-refractivity contribution < 1.29 is 4.79 Å². The summed E-state index contributed by atoms with van der Waals surface area (Å²) in [5.74, 6) is 0.670. The predicted octanol–water partition coefficient (Wildman–Crippen LogP) is 3.10. The van der Waals surface area contributed by atoms with Crippen molar-refractivity contribution in [3.8, 4) is 0 Å². The van der Waals surface area contributed by atoms with Crippen molar-refractivity contribution in [2.24, 2.45) is 5.92 Å². The molecule has 1 N–H and O–H groups in total. The van der Waals surface area contributed by atoms with Gasteiger partial charge in [-0.05, 0) is 48.7 Å². The fourth-order valence-corrected chi connectivity index (χ4v) is 4.33. The van der Waals surface area contributed by atoms with Crippen molar-refractivity contribution in [3.05, 3.63) is 59.6 Å². The van der Waals surface area contributed by atoms with Gasteiger partial charge in [0.1, 0.15) is 0 Å². The van der Waals surface area contributed by atoms with E-state index in [0.29, 0.717) is 12.5 Å². The molecule has 2 aromatic carbocycles. The molecule has 1 unspecified atom stereocenters. The first kappa shape index (κ1) is 20.0. The molecule has 0 spiro atoms. The highest BCUT2D eigenvalue weighted by molar-refractivity contribution is 6.30. The van der Waals surface area contributed by atoms with Crippen LogP contribution in [0.3, 0.4) is 0 Å². The molecule has 2 aromatic rings. The van der Waals surface area contributed by atoms with E-state index in [1.54, 1.807) is 0 Å². The summed E-state index contributed by atoms with van der Waals surface area (Å²) in [5, 5.41) is 3.92. The average molecular weight is 413 g/mol. The molecule has 2 heterocycles. The number of carbonyl (C=O) groups is 1. The summed E-state index contributed by atoms with van der Waals surface area (Å²) in [4.78, 5) is 19.4. The van der Waals surface area contributed by atoms with Gasteiger partial charge in [-0.1, -0.05) is 29.8 Å². The number of hydrogen-bond acceptors (Lipinski definition) is 4. The van der Waals surface area contributed by atoms with E-state index in [9.17, 15) is 4.79 Å². The van der Waals surface area contributed by atoms with Crippen LogP contribution in [-0.4, -0.2) is 63.2 Å². The van der Waals surface area contributed by atoms with Crippen molar-refractivity contribution in [2.45, 2.75) is 6.42 Å². The molecule has 0 saturated carbocycles. The van der Waals surface area contributed by atoms with E-state index >= 15 is 0 Å². The van der Waals surface area contributed by atoms with Gasteiger partial charge in [-0.3, -0.25) is 9.69 Å². The number of piperazine rings is 1. The first-order valence-electron chi connectivity index (χ1n) is 10.5. The number of hydrogen-bond donors (Lipinski definition) is 1. The summed E-state index contributed by atoms with van der Waals surface area (Å²) in [6.45, 7) is 7.02. The number of benzene rings is 2. The van der Waals surface area contributed by atoms with Crippen LogP contribution in [0.25, 0.3) is 0 Å².